The lowest BCUT2D eigenvalue weighted by atomic mass is 10.0. The van der Waals surface area contributed by atoms with E-state index in [0.717, 1.165) is 11.1 Å². The second-order valence-corrected chi connectivity index (χ2v) is 4.88. The van der Waals surface area contributed by atoms with Crippen molar-refractivity contribution in [2.24, 2.45) is 0 Å². The van der Waals surface area contributed by atoms with E-state index in [-0.39, 0.29) is 5.78 Å². The molecule has 2 aromatic rings. The number of carbonyl (C=O) groups is 1. The maximum Gasteiger partial charge on any atom is 0.197 e. The van der Waals surface area contributed by atoms with Crippen molar-refractivity contribution in [3.63, 3.8) is 0 Å². The van der Waals surface area contributed by atoms with Crippen molar-refractivity contribution in [2.75, 3.05) is 20.3 Å². The van der Waals surface area contributed by atoms with Gasteiger partial charge in [0.15, 0.2) is 5.78 Å². The zero-order valence-corrected chi connectivity index (χ0v) is 11.8. The van der Waals surface area contributed by atoms with Crippen LogP contribution in [0.1, 0.15) is 21.5 Å². The Labute approximate surface area is 116 Å². The molecule has 0 amide bonds. The Bertz CT molecular complexity index is 560. The molecule has 0 spiro atoms. The Hall–Kier alpha value is -1.65. The summed E-state index contributed by atoms with van der Waals surface area (Å²) in [7, 11) is 1.62. The van der Waals surface area contributed by atoms with Crippen molar-refractivity contribution in [3.05, 3.63) is 51.7 Å². The van der Waals surface area contributed by atoms with Gasteiger partial charge < -0.3 is 9.47 Å². The normalized spacial score (nSPS) is 10.4. The van der Waals surface area contributed by atoms with E-state index in [1.165, 1.54) is 11.3 Å². The van der Waals surface area contributed by atoms with Crippen LogP contribution in [0, 0.1) is 6.92 Å². The number of benzene rings is 1. The Kier molecular flexibility index (Phi) is 4.71. The van der Waals surface area contributed by atoms with E-state index in [1.807, 2.05) is 35.9 Å². The highest BCUT2D eigenvalue weighted by Gasteiger charge is 2.16. The molecule has 1 aromatic heterocycles. The third-order valence-corrected chi connectivity index (χ3v) is 3.64. The summed E-state index contributed by atoms with van der Waals surface area (Å²) in [5.41, 5.74) is 2.34. The number of para-hydroxylation sites is 1. The van der Waals surface area contributed by atoms with Gasteiger partial charge in [0.1, 0.15) is 12.4 Å². The first-order valence-electron chi connectivity index (χ1n) is 6.02. The van der Waals surface area contributed by atoms with Gasteiger partial charge in [0.05, 0.1) is 12.2 Å². The predicted molar refractivity (Wildman–Crippen MR) is 76.3 cm³/mol. The number of aryl methyl sites for hydroxylation is 1. The summed E-state index contributed by atoms with van der Waals surface area (Å²) in [4.78, 5) is 12.5. The third-order valence-electron chi connectivity index (χ3n) is 2.78. The summed E-state index contributed by atoms with van der Waals surface area (Å²) in [5.74, 6) is 0.613. The van der Waals surface area contributed by atoms with Crippen molar-refractivity contribution in [2.45, 2.75) is 6.92 Å². The summed E-state index contributed by atoms with van der Waals surface area (Å²) in [6, 6.07) is 7.31. The fourth-order valence-electron chi connectivity index (χ4n) is 1.75. The molecule has 0 radical (unpaired) electrons. The first-order valence-corrected chi connectivity index (χ1v) is 6.96. The first kappa shape index (κ1) is 13.8. The molecule has 0 aliphatic rings. The highest BCUT2D eigenvalue weighted by molar-refractivity contribution is 7.08. The Morgan fingerprint density at radius 2 is 1.95 bits per heavy atom. The van der Waals surface area contributed by atoms with Gasteiger partial charge in [-0.2, -0.15) is 11.3 Å². The van der Waals surface area contributed by atoms with Crippen LogP contribution in [0.25, 0.3) is 0 Å². The van der Waals surface area contributed by atoms with Gasteiger partial charge in [-0.15, -0.1) is 0 Å². The number of hydrogen-bond donors (Lipinski definition) is 0. The smallest absolute Gasteiger partial charge is 0.197 e. The number of rotatable bonds is 6. The lowest BCUT2D eigenvalue weighted by Crippen LogP contribution is -2.09. The maximum atomic E-state index is 12.5. The average Bonchev–Trinajstić information content (AvgIpc) is 2.85. The zero-order chi connectivity index (χ0) is 13.7. The average molecular weight is 276 g/mol. The lowest BCUT2D eigenvalue weighted by Gasteiger charge is -2.10. The van der Waals surface area contributed by atoms with Crippen LogP contribution in [0.15, 0.2) is 35.0 Å². The first-order chi connectivity index (χ1) is 9.24. The second-order valence-electron chi connectivity index (χ2n) is 4.14. The molecule has 0 N–H and O–H groups in total. The van der Waals surface area contributed by atoms with Gasteiger partial charge in [-0.25, -0.2) is 0 Å². The molecule has 0 atom stereocenters. The fourth-order valence-corrected chi connectivity index (χ4v) is 2.58. The van der Waals surface area contributed by atoms with Crippen molar-refractivity contribution in [1.29, 1.82) is 0 Å². The molecule has 0 bridgehead atoms. The zero-order valence-electron chi connectivity index (χ0n) is 11.0. The van der Waals surface area contributed by atoms with Crippen molar-refractivity contribution in [3.8, 4) is 5.75 Å². The number of ether oxygens (including phenoxy) is 2. The van der Waals surface area contributed by atoms with E-state index in [0.29, 0.717) is 24.5 Å². The van der Waals surface area contributed by atoms with E-state index in [1.54, 1.807) is 13.2 Å². The highest BCUT2D eigenvalue weighted by atomic mass is 32.1. The molecule has 2 rings (SSSR count). The number of carbonyl (C=O) groups excluding carboxylic acids is 1. The van der Waals surface area contributed by atoms with E-state index >= 15 is 0 Å². The van der Waals surface area contributed by atoms with Crippen LogP contribution in [0.3, 0.4) is 0 Å². The molecular formula is C15H16O3S. The number of methoxy groups -OCH3 is 1. The highest BCUT2D eigenvalue weighted by Crippen LogP contribution is 2.24. The molecule has 0 saturated carbocycles. The molecule has 1 heterocycles. The third kappa shape index (κ3) is 3.22. The predicted octanol–water partition coefficient (Wildman–Crippen LogP) is 3.31. The quantitative estimate of drug-likeness (QED) is 0.600. The van der Waals surface area contributed by atoms with E-state index < -0.39 is 0 Å². The van der Waals surface area contributed by atoms with Gasteiger partial charge in [-0.05, 0) is 30.0 Å². The molecule has 0 fully saturated rings. The summed E-state index contributed by atoms with van der Waals surface area (Å²) in [5, 5.41) is 3.85. The van der Waals surface area contributed by atoms with Crippen LogP contribution >= 0.6 is 11.3 Å². The topological polar surface area (TPSA) is 35.5 Å². The Balaban J connectivity index is 2.24. The van der Waals surface area contributed by atoms with Gasteiger partial charge in [0.25, 0.3) is 0 Å². The summed E-state index contributed by atoms with van der Waals surface area (Å²) in [6.45, 7) is 2.88. The van der Waals surface area contributed by atoms with Crippen LogP contribution < -0.4 is 4.74 Å². The van der Waals surface area contributed by atoms with E-state index in [9.17, 15) is 4.79 Å². The number of thiophene rings is 1. The lowest BCUT2D eigenvalue weighted by molar-refractivity contribution is 0.103. The monoisotopic (exact) mass is 276 g/mol. The molecular weight excluding hydrogens is 260 g/mol. The molecule has 1 aromatic carbocycles. The Morgan fingerprint density at radius 3 is 2.63 bits per heavy atom. The van der Waals surface area contributed by atoms with Gasteiger partial charge in [-0.1, -0.05) is 12.1 Å². The van der Waals surface area contributed by atoms with Gasteiger partial charge in [0, 0.05) is 18.1 Å². The molecule has 3 nitrogen and oxygen atoms in total. The minimum absolute atomic E-state index is 0.00627. The van der Waals surface area contributed by atoms with Gasteiger partial charge in [-0.3, -0.25) is 4.79 Å². The van der Waals surface area contributed by atoms with E-state index in [4.69, 9.17) is 9.47 Å². The largest absolute Gasteiger partial charge is 0.490 e. The standard InChI is InChI=1S/C15H16O3S/c1-11-9-19-10-13(11)15(16)12-5-3-4-6-14(12)18-8-7-17-2/h3-6,9-10H,7-8H2,1-2H3. The molecule has 4 heteroatoms. The minimum Gasteiger partial charge on any atom is -0.490 e. The summed E-state index contributed by atoms with van der Waals surface area (Å²) >= 11 is 1.53. The maximum absolute atomic E-state index is 12.5. The van der Waals surface area contributed by atoms with Crippen molar-refractivity contribution >= 4 is 17.1 Å². The minimum atomic E-state index is 0.00627. The van der Waals surface area contributed by atoms with Crippen molar-refractivity contribution < 1.29 is 14.3 Å². The van der Waals surface area contributed by atoms with Crippen LogP contribution in [0.2, 0.25) is 0 Å². The Morgan fingerprint density at radius 1 is 1.16 bits per heavy atom. The second kappa shape index (κ2) is 6.50. The summed E-state index contributed by atoms with van der Waals surface area (Å²) < 4.78 is 10.5. The van der Waals surface area contributed by atoms with Crippen LogP contribution in [0.5, 0.6) is 5.75 Å². The van der Waals surface area contributed by atoms with Crippen LogP contribution in [0.4, 0.5) is 0 Å². The number of hydrogen-bond acceptors (Lipinski definition) is 4. The van der Waals surface area contributed by atoms with Crippen molar-refractivity contribution in [1.82, 2.24) is 0 Å². The van der Waals surface area contributed by atoms with Crippen LogP contribution in [-0.4, -0.2) is 26.1 Å². The number of ketones is 1. The molecule has 19 heavy (non-hydrogen) atoms. The van der Waals surface area contributed by atoms with Crippen LogP contribution in [-0.2, 0) is 4.74 Å². The van der Waals surface area contributed by atoms with E-state index in [2.05, 4.69) is 0 Å². The molecule has 0 aliphatic carbocycles. The summed E-state index contributed by atoms with van der Waals surface area (Å²) in [6.07, 6.45) is 0. The van der Waals surface area contributed by atoms with Gasteiger partial charge >= 0.3 is 0 Å². The molecule has 100 valence electrons. The van der Waals surface area contributed by atoms with Gasteiger partial charge in [0.2, 0.25) is 0 Å². The fraction of sp³-hybridized carbons (Fsp3) is 0.267. The molecule has 0 aliphatic heterocycles. The molecule has 0 saturated heterocycles. The molecule has 0 unspecified atom stereocenters. The SMILES string of the molecule is COCCOc1ccccc1C(=O)c1cscc1C.